The number of ether oxygens (including phenoxy) is 2. The number of allylic oxidation sites excluding steroid dienone is 1. The van der Waals surface area contributed by atoms with Gasteiger partial charge in [0.25, 0.3) is 5.56 Å². The number of hydrogen-bond donors (Lipinski definition) is 0. The molecular weight excluding hydrogens is 455 g/mol. The lowest BCUT2D eigenvalue weighted by molar-refractivity contribution is -0.139. The standard InChI is InChI=1S/C26H23FN2O4S/c1-4-14-33-20-9-7-6-8-18(20)15-21-24(30)29-23(17-10-12-19(27)13-11-17)22(25(31)32-5-2)16(3)28-26(29)34-21/h4,6-13,15,23H,1,5,14H2,2-3H3/b21-15+/t23-/m0/s1. The van der Waals surface area contributed by atoms with Crippen LogP contribution in [-0.2, 0) is 9.53 Å². The van der Waals surface area contributed by atoms with Gasteiger partial charge in [-0.3, -0.25) is 9.36 Å². The van der Waals surface area contributed by atoms with Crippen molar-refractivity contribution in [2.45, 2.75) is 19.9 Å². The van der Waals surface area contributed by atoms with E-state index in [0.29, 0.717) is 33.0 Å². The maximum Gasteiger partial charge on any atom is 0.338 e. The number of carbonyl (C=O) groups is 1. The topological polar surface area (TPSA) is 69.9 Å². The van der Waals surface area contributed by atoms with Gasteiger partial charge in [0.05, 0.1) is 28.5 Å². The predicted molar refractivity (Wildman–Crippen MR) is 129 cm³/mol. The number of hydrogen-bond acceptors (Lipinski definition) is 6. The van der Waals surface area contributed by atoms with Crippen molar-refractivity contribution in [1.29, 1.82) is 0 Å². The SMILES string of the molecule is C=CCOc1ccccc1/C=c1/sc2n(c1=O)[C@@H](c1ccc(F)cc1)C(C(=O)OCC)=C(C)N=2. The number of nitrogens with zero attached hydrogens (tertiary/aromatic N) is 2. The molecule has 0 saturated heterocycles. The van der Waals surface area contributed by atoms with Crippen molar-refractivity contribution >= 4 is 23.4 Å². The van der Waals surface area contributed by atoms with Crippen LogP contribution in [0.4, 0.5) is 4.39 Å². The number of fused-ring (bicyclic) bond motifs is 1. The third kappa shape index (κ3) is 4.49. The molecule has 2 heterocycles. The summed E-state index contributed by atoms with van der Waals surface area (Å²) in [6, 6.07) is 12.3. The Morgan fingerprint density at radius 1 is 1.24 bits per heavy atom. The third-order valence-corrected chi connectivity index (χ3v) is 6.25. The van der Waals surface area contributed by atoms with Crippen LogP contribution in [-0.4, -0.2) is 23.8 Å². The molecule has 4 rings (SSSR count). The van der Waals surface area contributed by atoms with Crippen molar-refractivity contribution in [2.24, 2.45) is 4.99 Å². The van der Waals surface area contributed by atoms with Crippen LogP contribution in [0.5, 0.6) is 5.75 Å². The molecule has 1 aromatic heterocycles. The Bertz CT molecular complexity index is 1450. The van der Waals surface area contributed by atoms with E-state index in [2.05, 4.69) is 11.6 Å². The van der Waals surface area contributed by atoms with Crippen LogP contribution < -0.4 is 19.6 Å². The molecule has 1 aliphatic heterocycles. The first kappa shape index (κ1) is 23.4. The normalized spacial score (nSPS) is 15.5. The molecule has 2 aromatic carbocycles. The molecule has 3 aromatic rings. The van der Waals surface area contributed by atoms with E-state index >= 15 is 0 Å². The van der Waals surface area contributed by atoms with Crippen LogP contribution in [0.25, 0.3) is 6.08 Å². The van der Waals surface area contributed by atoms with Gasteiger partial charge in [-0.15, -0.1) is 0 Å². The van der Waals surface area contributed by atoms with Crippen molar-refractivity contribution in [1.82, 2.24) is 4.57 Å². The van der Waals surface area contributed by atoms with E-state index in [0.717, 1.165) is 5.56 Å². The van der Waals surface area contributed by atoms with Crippen LogP contribution in [0.3, 0.4) is 0 Å². The minimum Gasteiger partial charge on any atom is -0.489 e. The highest BCUT2D eigenvalue weighted by Crippen LogP contribution is 2.30. The molecule has 1 aliphatic rings. The summed E-state index contributed by atoms with van der Waals surface area (Å²) in [7, 11) is 0. The maximum absolute atomic E-state index is 13.6. The third-order valence-electron chi connectivity index (χ3n) is 5.27. The average Bonchev–Trinajstić information content (AvgIpc) is 3.12. The lowest BCUT2D eigenvalue weighted by Gasteiger charge is -2.24. The summed E-state index contributed by atoms with van der Waals surface area (Å²) in [5.74, 6) is -0.354. The molecule has 0 amide bonds. The number of rotatable bonds is 7. The Hall–Kier alpha value is -3.78. The lowest BCUT2D eigenvalue weighted by Crippen LogP contribution is -2.39. The number of halogens is 1. The van der Waals surface area contributed by atoms with Crippen molar-refractivity contribution in [3.05, 3.63) is 109 Å². The molecule has 0 saturated carbocycles. The summed E-state index contributed by atoms with van der Waals surface area (Å²) in [5.41, 5.74) is 1.71. The minimum absolute atomic E-state index is 0.178. The lowest BCUT2D eigenvalue weighted by atomic mass is 9.96. The van der Waals surface area contributed by atoms with Gasteiger partial charge in [0.1, 0.15) is 18.2 Å². The van der Waals surface area contributed by atoms with Crippen LogP contribution in [0.2, 0.25) is 0 Å². The molecule has 0 N–H and O–H groups in total. The number of thiazole rings is 1. The quantitative estimate of drug-likeness (QED) is 0.385. The largest absolute Gasteiger partial charge is 0.489 e. The van der Waals surface area contributed by atoms with E-state index in [1.807, 2.05) is 24.3 Å². The molecule has 6 nitrogen and oxygen atoms in total. The second-order valence-electron chi connectivity index (χ2n) is 7.49. The van der Waals surface area contributed by atoms with E-state index in [9.17, 15) is 14.0 Å². The maximum atomic E-state index is 13.6. The second kappa shape index (κ2) is 10.0. The average molecular weight is 479 g/mol. The summed E-state index contributed by atoms with van der Waals surface area (Å²) in [6.45, 7) is 7.59. The van der Waals surface area contributed by atoms with Crippen molar-refractivity contribution in [3.8, 4) is 5.75 Å². The van der Waals surface area contributed by atoms with Gasteiger partial charge in [-0.2, -0.15) is 0 Å². The molecule has 0 bridgehead atoms. The fraction of sp³-hybridized carbons (Fsp3) is 0.192. The fourth-order valence-corrected chi connectivity index (χ4v) is 4.81. The first-order chi connectivity index (χ1) is 16.4. The highest BCUT2D eigenvalue weighted by molar-refractivity contribution is 7.07. The first-order valence-corrected chi connectivity index (χ1v) is 11.5. The monoisotopic (exact) mass is 478 g/mol. The van der Waals surface area contributed by atoms with E-state index in [1.54, 1.807) is 38.1 Å². The van der Waals surface area contributed by atoms with E-state index in [-0.39, 0.29) is 17.7 Å². The molecule has 8 heteroatoms. The first-order valence-electron chi connectivity index (χ1n) is 10.7. The van der Waals surface area contributed by atoms with E-state index < -0.39 is 17.8 Å². The van der Waals surface area contributed by atoms with Crippen LogP contribution in [0.1, 0.15) is 31.0 Å². The number of para-hydroxylation sites is 1. The number of esters is 1. The Morgan fingerprint density at radius 2 is 1.97 bits per heavy atom. The zero-order chi connectivity index (χ0) is 24.2. The van der Waals surface area contributed by atoms with Crippen molar-refractivity contribution in [3.63, 3.8) is 0 Å². The van der Waals surface area contributed by atoms with E-state index in [1.165, 1.54) is 28.0 Å². The Labute approximate surface area is 199 Å². The van der Waals surface area contributed by atoms with Crippen molar-refractivity contribution < 1.29 is 18.7 Å². The summed E-state index contributed by atoms with van der Waals surface area (Å²) >= 11 is 1.21. The Kier molecular flexibility index (Phi) is 6.88. The molecule has 0 radical (unpaired) electrons. The number of carbonyl (C=O) groups excluding carboxylic acids is 1. The summed E-state index contributed by atoms with van der Waals surface area (Å²) in [5, 5.41) is 0. The summed E-state index contributed by atoms with van der Waals surface area (Å²) < 4.78 is 26.5. The molecule has 0 spiro atoms. The van der Waals surface area contributed by atoms with Gasteiger partial charge in [-0.05, 0) is 43.7 Å². The highest BCUT2D eigenvalue weighted by Gasteiger charge is 2.33. The summed E-state index contributed by atoms with van der Waals surface area (Å²) in [6.07, 6.45) is 3.39. The molecular formula is C26H23FN2O4S. The summed E-state index contributed by atoms with van der Waals surface area (Å²) in [4.78, 5) is 31.5. The molecule has 0 aliphatic carbocycles. The zero-order valence-electron chi connectivity index (χ0n) is 18.8. The zero-order valence-corrected chi connectivity index (χ0v) is 19.6. The van der Waals surface area contributed by atoms with E-state index in [4.69, 9.17) is 9.47 Å². The molecule has 34 heavy (non-hydrogen) atoms. The van der Waals surface area contributed by atoms with Gasteiger partial charge >= 0.3 is 5.97 Å². The van der Waals surface area contributed by atoms with Crippen LogP contribution in [0.15, 0.2) is 82.2 Å². The fourth-order valence-electron chi connectivity index (χ4n) is 3.77. The molecule has 1 atom stereocenters. The second-order valence-corrected chi connectivity index (χ2v) is 8.50. The van der Waals surface area contributed by atoms with Crippen LogP contribution in [0, 0.1) is 5.82 Å². The van der Waals surface area contributed by atoms with Crippen molar-refractivity contribution in [2.75, 3.05) is 13.2 Å². The Balaban J connectivity index is 1.92. The number of benzene rings is 2. The van der Waals surface area contributed by atoms with Gasteiger partial charge in [0.15, 0.2) is 4.80 Å². The number of aromatic nitrogens is 1. The minimum atomic E-state index is -0.787. The molecule has 174 valence electrons. The van der Waals surface area contributed by atoms with Crippen LogP contribution >= 0.6 is 11.3 Å². The highest BCUT2D eigenvalue weighted by atomic mass is 32.1. The predicted octanol–water partition coefficient (Wildman–Crippen LogP) is 3.50. The van der Waals surface area contributed by atoms with Gasteiger partial charge in [-0.25, -0.2) is 14.2 Å². The van der Waals surface area contributed by atoms with Gasteiger partial charge in [0, 0.05) is 5.56 Å². The smallest absolute Gasteiger partial charge is 0.338 e. The Morgan fingerprint density at radius 3 is 2.68 bits per heavy atom. The van der Waals surface area contributed by atoms with Gasteiger partial charge < -0.3 is 9.47 Å². The van der Waals surface area contributed by atoms with Gasteiger partial charge in [0.2, 0.25) is 0 Å². The van der Waals surface area contributed by atoms with Gasteiger partial charge in [-0.1, -0.05) is 54.3 Å². The molecule has 0 fully saturated rings. The molecule has 0 unspecified atom stereocenters.